The van der Waals surface area contributed by atoms with Crippen molar-refractivity contribution in [3.05, 3.63) is 45.3 Å². The number of unbranched alkanes of at least 4 members (excludes halogenated alkanes) is 14. The van der Waals surface area contributed by atoms with Crippen LogP contribution in [-0.2, 0) is 47.6 Å². The second kappa shape index (κ2) is 23.5. The molecule has 11 heteroatoms. The van der Waals surface area contributed by atoms with Crippen molar-refractivity contribution in [1.82, 2.24) is 0 Å². The number of ether oxygens (including phenoxy) is 6. The topological polar surface area (TPSA) is 141 Å². The number of methoxy groups -OCH3 is 4. The predicted molar refractivity (Wildman–Crippen MR) is 188 cm³/mol. The maximum atomic E-state index is 12.7. The van der Waals surface area contributed by atoms with Crippen LogP contribution in [0.15, 0.2) is 45.3 Å². The lowest BCUT2D eigenvalue weighted by Crippen LogP contribution is -2.25. The number of hydrogen-bond donors (Lipinski definition) is 0. The number of allylic oxidation sites excluding steroid dienone is 4. The quantitative estimate of drug-likeness (QED) is 0.0490. The van der Waals surface area contributed by atoms with Crippen LogP contribution < -0.4 is 0 Å². The maximum Gasteiger partial charge on any atom is 0.508 e. The molecule has 280 valence electrons. The molecule has 2 rings (SSSR count). The molecule has 0 atom stereocenters. The molecule has 0 radical (unpaired) electrons. The van der Waals surface area contributed by atoms with E-state index < -0.39 is 6.16 Å². The molecule has 0 aromatic carbocycles. The summed E-state index contributed by atoms with van der Waals surface area (Å²) in [5.74, 6) is -1.14. The molecule has 0 unspecified atom stereocenters. The summed E-state index contributed by atoms with van der Waals surface area (Å²) in [7, 11) is 5.47. The van der Waals surface area contributed by atoms with Crippen LogP contribution in [0.4, 0.5) is 4.79 Å². The third-order valence-corrected chi connectivity index (χ3v) is 9.27. The van der Waals surface area contributed by atoms with Gasteiger partial charge in [-0.15, -0.1) is 0 Å². The van der Waals surface area contributed by atoms with Crippen LogP contribution in [0.3, 0.4) is 0 Å². The molecule has 50 heavy (non-hydrogen) atoms. The van der Waals surface area contributed by atoms with Crippen LogP contribution in [0.5, 0.6) is 0 Å². The van der Waals surface area contributed by atoms with Gasteiger partial charge in [-0.1, -0.05) is 77.0 Å². The Bertz CT molecular complexity index is 1220. The SMILES string of the molecule is COC1=C(OC)C(=O)C(CCCCCCCCCCOC(=O)OCCCCCCCCCCC2=C(C)C(=O)C(OC)=C(OC)C2=O)=C(C)C1=O. The van der Waals surface area contributed by atoms with Gasteiger partial charge in [-0.3, -0.25) is 19.2 Å². The number of carbonyl (C=O) groups is 5. The molecule has 0 aliphatic heterocycles. The minimum Gasteiger partial charge on any atom is -0.489 e. The van der Waals surface area contributed by atoms with E-state index in [1.165, 1.54) is 28.4 Å². The summed E-state index contributed by atoms with van der Waals surface area (Å²) < 4.78 is 30.8. The van der Waals surface area contributed by atoms with Crippen molar-refractivity contribution in [3.8, 4) is 0 Å². The van der Waals surface area contributed by atoms with Gasteiger partial charge in [-0.25, -0.2) is 4.79 Å². The fraction of sp³-hybridized carbons (Fsp3) is 0.667. The second-order valence-corrected chi connectivity index (χ2v) is 12.8. The molecular formula is C39H58O11. The zero-order valence-corrected chi connectivity index (χ0v) is 31.1. The van der Waals surface area contributed by atoms with Gasteiger partial charge in [0.15, 0.2) is 0 Å². The van der Waals surface area contributed by atoms with Crippen molar-refractivity contribution in [3.63, 3.8) is 0 Å². The van der Waals surface area contributed by atoms with Crippen molar-refractivity contribution >= 4 is 29.3 Å². The summed E-state index contributed by atoms with van der Waals surface area (Å²) in [5, 5.41) is 0. The van der Waals surface area contributed by atoms with Crippen LogP contribution >= 0.6 is 0 Å². The van der Waals surface area contributed by atoms with Gasteiger partial charge in [-0.05, 0) is 52.4 Å². The number of ketones is 4. The van der Waals surface area contributed by atoms with Gasteiger partial charge in [0.25, 0.3) is 0 Å². The van der Waals surface area contributed by atoms with Crippen molar-refractivity contribution in [2.24, 2.45) is 0 Å². The van der Waals surface area contributed by atoms with Crippen LogP contribution in [0.2, 0.25) is 0 Å². The van der Waals surface area contributed by atoms with Crippen LogP contribution in [-0.4, -0.2) is 70.9 Å². The van der Waals surface area contributed by atoms with Gasteiger partial charge in [0.05, 0.1) is 41.7 Å². The van der Waals surface area contributed by atoms with E-state index in [1.54, 1.807) is 13.8 Å². The summed E-state index contributed by atoms with van der Waals surface area (Å²) >= 11 is 0. The Morgan fingerprint density at radius 2 is 0.660 bits per heavy atom. The summed E-state index contributed by atoms with van der Waals surface area (Å²) in [6.45, 7) is 4.07. The molecule has 0 aromatic heterocycles. The lowest BCUT2D eigenvalue weighted by Gasteiger charge is -2.20. The van der Waals surface area contributed by atoms with E-state index >= 15 is 0 Å². The van der Waals surface area contributed by atoms with Crippen molar-refractivity contribution in [1.29, 1.82) is 0 Å². The number of Topliss-reactive ketones (excluding diaryl/α,β-unsaturated/α-hetero) is 4. The zero-order chi connectivity index (χ0) is 36.9. The molecule has 0 N–H and O–H groups in total. The molecule has 0 fully saturated rings. The van der Waals surface area contributed by atoms with Gasteiger partial charge < -0.3 is 28.4 Å². The Labute approximate surface area is 297 Å². The molecule has 0 amide bonds. The molecular weight excluding hydrogens is 644 g/mol. The van der Waals surface area contributed by atoms with E-state index in [2.05, 4.69) is 0 Å². The highest BCUT2D eigenvalue weighted by atomic mass is 16.7. The van der Waals surface area contributed by atoms with Gasteiger partial charge in [0, 0.05) is 22.3 Å². The van der Waals surface area contributed by atoms with Crippen LogP contribution in [0, 0.1) is 0 Å². The van der Waals surface area contributed by atoms with E-state index in [4.69, 9.17) is 28.4 Å². The minimum atomic E-state index is -0.602. The average Bonchev–Trinajstić information content (AvgIpc) is 3.11. The van der Waals surface area contributed by atoms with Crippen molar-refractivity contribution in [2.45, 2.75) is 129 Å². The van der Waals surface area contributed by atoms with E-state index in [-0.39, 0.29) is 46.2 Å². The summed E-state index contributed by atoms with van der Waals surface area (Å²) in [6, 6.07) is 0. The van der Waals surface area contributed by atoms with Gasteiger partial charge in [0.1, 0.15) is 0 Å². The lowest BCUT2D eigenvalue weighted by atomic mass is 9.89. The molecule has 0 heterocycles. The molecule has 2 aliphatic rings. The minimum absolute atomic E-state index is 0.00836. The fourth-order valence-electron chi connectivity index (χ4n) is 6.27. The molecule has 0 aromatic rings. The van der Waals surface area contributed by atoms with Crippen molar-refractivity contribution < 1.29 is 52.4 Å². The number of carbonyl (C=O) groups excluding carboxylic acids is 5. The van der Waals surface area contributed by atoms with Crippen LogP contribution in [0.1, 0.15) is 129 Å². The lowest BCUT2D eigenvalue weighted by molar-refractivity contribution is -0.121. The molecule has 0 bridgehead atoms. The zero-order valence-electron chi connectivity index (χ0n) is 31.1. The molecule has 0 saturated heterocycles. The van der Waals surface area contributed by atoms with E-state index in [0.717, 1.165) is 103 Å². The first kappa shape index (κ1) is 42.3. The molecule has 0 saturated carbocycles. The largest absolute Gasteiger partial charge is 0.508 e. The molecule has 0 spiro atoms. The summed E-state index contributed by atoms with van der Waals surface area (Å²) in [5.41, 5.74) is 1.93. The number of rotatable bonds is 26. The highest BCUT2D eigenvalue weighted by Gasteiger charge is 2.35. The first-order chi connectivity index (χ1) is 24.1. The Balaban J connectivity index is 1.39. The Morgan fingerprint density at radius 1 is 0.400 bits per heavy atom. The Kier molecular flexibility index (Phi) is 19.9. The fourth-order valence-corrected chi connectivity index (χ4v) is 6.27. The average molecular weight is 703 g/mol. The van der Waals surface area contributed by atoms with E-state index in [9.17, 15) is 24.0 Å². The predicted octanol–water partition coefficient (Wildman–Crippen LogP) is 8.11. The van der Waals surface area contributed by atoms with E-state index in [0.29, 0.717) is 48.3 Å². The molecule has 11 nitrogen and oxygen atoms in total. The third-order valence-electron chi connectivity index (χ3n) is 9.27. The highest BCUT2D eigenvalue weighted by molar-refractivity contribution is 6.24. The standard InChI is InChI=1S/C39H58O11/c1-27-29(33(42)37(47-5)35(45-3)31(27)40)23-19-15-11-7-9-13-17-21-25-49-39(44)50-26-22-18-14-10-8-12-16-20-24-30-28(2)32(41)36(46-4)38(48-6)34(30)43/h7-26H2,1-6H3. The summed E-state index contributed by atoms with van der Waals surface area (Å²) in [4.78, 5) is 62.2. The Hall–Kier alpha value is -3.89. The third kappa shape index (κ3) is 12.8. The monoisotopic (exact) mass is 702 g/mol. The van der Waals surface area contributed by atoms with E-state index in [1.807, 2.05) is 0 Å². The Morgan fingerprint density at radius 3 is 0.960 bits per heavy atom. The molecule has 2 aliphatic carbocycles. The first-order valence-electron chi connectivity index (χ1n) is 18.2. The van der Waals surface area contributed by atoms with Crippen molar-refractivity contribution in [2.75, 3.05) is 41.7 Å². The first-order valence-corrected chi connectivity index (χ1v) is 18.2. The normalized spacial score (nSPS) is 15.3. The van der Waals surface area contributed by atoms with Crippen LogP contribution in [0.25, 0.3) is 0 Å². The van der Waals surface area contributed by atoms with Gasteiger partial charge in [0.2, 0.25) is 46.2 Å². The highest BCUT2D eigenvalue weighted by Crippen LogP contribution is 2.30. The number of hydrogen-bond acceptors (Lipinski definition) is 11. The second-order valence-electron chi connectivity index (χ2n) is 12.8. The smallest absolute Gasteiger partial charge is 0.489 e. The van der Waals surface area contributed by atoms with Gasteiger partial charge in [-0.2, -0.15) is 0 Å². The summed E-state index contributed by atoms with van der Waals surface area (Å²) in [6.07, 6.45) is 16.4. The van der Waals surface area contributed by atoms with Gasteiger partial charge >= 0.3 is 6.16 Å². The maximum absolute atomic E-state index is 12.7.